The second-order valence-corrected chi connectivity index (χ2v) is 3.13. The molecule has 0 aliphatic rings. The van der Waals surface area contributed by atoms with Crippen LogP contribution in [0.3, 0.4) is 0 Å². The Bertz CT molecular complexity index is 367. The molecule has 2 N–H and O–H groups in total. The minimum atomic E-state index is -1.15. The number of aliphatic carboxylic acids is 1. The average Bonchev–Trinajstić information content (AvgIpc) is 2.14. The fourth-order valence-corrected chi connectivity index (χ4v) is 1.34. The van der Waals surface area contributed by atoms with Crippen LogP contribution in [0.1, 0.15) is 24.8 Å². The summed E-state index contributed by atoms with van der Waals surface area (Å²) in [5.74, 6) is -5.50. The van der Waals surface area contributed by atoms with Gasteiger partial charge in [-0.1, -0.05) is 6.92 Å². The fraction of sp³-hybridized carbons (Fsp3) is 0.300. The van der Waals surface area contributed by atoms with Crippen LogP contribution in [0.4, 0.5) is 8.78 Å². The van der Waals surface area contributed by atoms with Crippen molar-refractivity contribution in [1.82, 2.24) is 0 Å². The minimum absolute atomic E-state index is 0.0119. The molecule has 0 spiro atoms. The number of aromatic hydroxyl groups is 1. The molecule has 0 aliphatic carbocycles. The van der Waals surface area contributed by atoms with E-state index in [9.17, 15) is 13.6 Å². The molecule has 0 aliphatic heterocycles. The Hall–Kier alpha value is -1.65. The summed E-state index contributed by atoms with van der Waals surface area (Å²) in [6, 6.07) is 1.67. The molecule has 1 aromatic rings. The number of halogens is 2. The highest BCUT2D eigenvalue weighted by Crippen LogP contribution is 2.27. The van der Waals surface area contributed by atoms with Crippen molar-refractivity contribution in [3.8, 4) is 5.75 Å². The topological polar surface area (TPSA) is 57.5 Å². The lowest BCUT2D eigenvalue weighted by Gasteiger charge is -2.10. The van der Waals surface area contributed by atoms with Gasteiger partial charge in [0, 0.05) is 0 Å². The quantitative estimate of drug-likeness (QED) is 0.814. The average molecular weight is 216 g/mol. The van der Waals surface area contributed by atoms with Gasteiger partial charge in [0.1, 0.15) is 0 Å². The van der Waals surface area contributed by atoms with Crippen molar-refractivity contribution >= 4 is 5.97 Å². The van der Waals surface area contributed by atoms with Crippen LogP contribution < -0.4 is 0 Å². The van der Waals surface area contributed by atoms with Crippen LogP contribution in [0.5, 0.6) is 5.75 Å². The molecule has 0 heterocycles. The van der Waals surface area contributed by atoms with E-state index in [4.69, 9.17) is 10.2 Å². The highest BCUT2D eigenvalue weighted by atomic mass is 19.1. The van der Waals surface area contributed by atoms with Gasteiger partial charge in [-0.15, -0.1) is 0 Å². The lowest BCUT2D eigenvalue weighted by molar-refractivity contribution is -0.138. The van der Waals surface area contributed by atoms with Gasteiger partial charge in [-0.25, -0.2) is 8.78 Å². The van der Waals surface area contributed by atoms with E-state index in [0.717, 1.165) is 12.1 Å². The van der Waals surface area contributed by atoms with Crippen molar-refractivity contribution in [2.75, 3.05) is 0 Å². The molecule has 15 heavy (non-hydrogen) atoms. The van der Waals surface area contributed by atoms with Gasteiger partial charge in [0.25, 0.3) is 0 Å². The molecule has 1 unspecified atom stereocenters. The summed E-state index contributed by atoms with van der Waals surface area (Å²) < 4.78 is 25.8. The monoisotopic (exact) mass is 216 g/mol. The summed E-state index contributed by atoms with van der Waals surface area (Å²) in [5.41, 5.74) is 0.0119. The number of carbonyl (C=O) groups is 1. The second-order valence-electron chi connectivity index (χ2n) is 3.13. The van der Waals surface area contributed by atoms with Crippen LogP contribution in [0.2, 0.25) is 0 Å². The molecular weight excluding hydrogens is 206 g/mol. The molecule has 0 amide bonds. The molecule has 3 nitrogen and oxygen atoms in total. The SMILES string of the molecule is CCC(C(=O)O)c1cc(F)c(O)c(F)c1. The summed E-state index contributed by atoms with van der Waals surface area (Å²) in [4.78, 5) is 10.7. The first-order valence-electron chi connectivity index (χ1n) is 4.38. The first kappa shape index (κ1) is 11.4. The number of carboxylic acids is 1. The van der Waals surface area contributed by atoms with E-state index in [-0.39, 0.29) is 12.0 Å². The molecule has 0 radical (unpaired) electrons. The number of rotatable bonds is 3. The first-order chi connectivity index (χ1) is 6.97. The first-order valence-corrected chi connectivity index (χ1v) is 4.38. The van der Waals surface area contributed by atoms with Crippen molar-refractivity contribution in [3.05, 3.63) is 29.3 Å². The molecule has 5 heteroatoms. The molecule has 1 rings (SSSR count). The molecule has 1 aromatic carbocycles. The second kappa shape index (κ2) is 4.25. The molecular formula is C10H10F2O3. The molecule has 0 saturated carbocycles. The Kier molecular flexibility index (Phi) is 3.24. The summed E-state index contributed by atoms with van der Waals surface area (Å²) in [6.07, 6.45) is 0.221. The zero-order valence-corrected chi connectivity index (χ0v) is 8.00. The molecule has 0 bridgehead atoms. The standard InChI is InChI=1S/C10H10F2O3/c1-2-6(10(14)15)5-3-7(11)9(13)8(12)4-5/h3-4,6,13H,2H2,1H3,(H,14,15). The number of benzene rings is 1. The van der Waals surface area contributed by atoms with E-state index in [1.54, 1.807) is 6.92 Å². The van der Waals surface area contributed by atoms with Gasteiger partial charge in [0.05, 0.1) is 5.92 Å². The van der Waals surface area contributed by atoms with Crippen LogP contribution >= 0.6 is 0 Å². The van der Waals surface area contributed by atoms with Crippen LogP contribution in [0.25, 0.3) is 0 Å². The molecule has 0 aromatic heterocycles. The Morgan fingerprint density at radius 1 is 1.40 bits per heavy atom. The number of carboxylic acid groups (broad SMARTS) is 1. The summed E-state index contributed by atoms with van der Waals surface area (Å²) in [5, 5.41) is 17.6. The maximum Gasteiger partial charge on any atom is 0.310 e. The van der Waals surface area contributed by atoms with Crippen LogP contribution in [-0.4, -0.2) is 16.2 Å². The van der Waals surface area contributed by atoms with Crippen molar-refractivity contribution in [3.63, 3.8) is 0 Å². The maximum atomic E-state index is 12.9. The van der Waals surface area contributed by atoms with Gasteiger partial charge in [-0.05, 0) is 24.1 Å². The number of phenolic OH excluding ortho intramolecular Hbond substituents is 1. The molecule has 0 fully saturated rings. The Morgan fingerprint density at radius 3 is 2.20 bits per heavy atom. The highest BCUT2D eigenvalue weighted by molar-refractivity contribution is 5.76. The van der Waals surface area contributed by atoms with E-state index >= 15 is 0 Å². The largest absolute Gasteiger partial charge is 0.503 e. The number of hydrogen-bond donors (Lipinski definition) is 2. The van der Waals surface area contributed by atoms with Gasteiger partial charge in [-0.3, -0.25) is 4.79 Å². The maximum absolute atomic E-state index is 12.9. The predicted molar refractivity (Wildman–Crippen MR) is 48.7 cm³/mol. The van der Waals surface area contributed by atoms with Crippen molar-refractivity contribution < 1.29 is 23.8 Å². The molecule has 1 atom stereocenters. The van der Waals surface area contributed by atoms with Crippen molar-refractivity contribution in [2.24, 2.45) is 0 Å². The van der Waals surface area contributed by atoms with Gasteiger partial charge in [0.15, 0.2) is 17.4 Å². The van der Waals surface area contributed by atoms with E-state index in [2.05, 4.69) is 0 Å². The third-order valence-electron chi connectivity index (χ3n) is 2.15. The smallest absolute Gasteiger partial charge is 0.310 e. The third kappa shape index (κ3) is 2.23. The lowest BCUT2D eigenvalue weighted by atomic mass is 9.96. The van der Waals surface area contributed by atoms with Gasteiger partial charge >= 0.3 is 5.97 Å². The van der Waals surface area contributed by atoms with Gasteiger partial charge in [0.2, 0.25) is 0 Å². The molecule has 0 saturated heterocycles. The van der Waals surface area contributed by atoms with E-state index in [0.29, 0.717) is 0 Å². The van der Waals surface area contributed by atoms with Gasteiger partial charge < -0.3 is 10.2 Å². The lowest BCUT2D eigenvalue weighted by Crippen LogP contribution is -2.11. The van der Waals surface area contributed by atoms with Gasteiger partial charge in [-0.2, -0.15) is 0 Å². The zero-order chi connectivity index (χ0) is 11.6. The van der Waals surface area contributed by atoms with E-state index < -0.39 is 29.3 Å². The summed E-state index contributed by atoms with van der Waals surface area (Å²) in [7, 11) is 0. The van der Waals surface area contributed by atoms with Crippen molar-refractivity contribution in [1.29, 1.82) is 0 Å². The Morgan fingerprint density at radius 2 is 1.87 bits per heavy atom. The number of phenols is 1. The van der Waals surface area contributed by atoms with E-state index in [1.807, 2.05) is 0 Å². The molecule has 82 valence electrons. The zero-order valence-electron chi connectivity index (χ0n) is 8.00. The predicted octanol–water partition coefficient (Wildman–Crippen LogP) is 2.25. The summed E-state index contributed by atoms with van der Waals surface area (Å²) in [6.45, 7) is 1.60. The summed E-state index contributed by atoms with van der Waals surface area (Å²) >= 11 is 0. The van der Waals surface area contributed by atoms with Crippen LogP contribution in [0.15, 0.2) is 12.1 Å². The Labute approximate surface area is 85.0 Å². The Balaban J connectivity index is 3.20. The van der Waals surface area contributed by atoms with Crippen molar-refractivity contribution in [2.45, 2.75) is 19.3 Å². The fourth-order valence-electron chi connectivity index (χ4n) is 1.34. The number of hydrogen-bond acceptors (Lipinski definition) is 2. The van der Waals surface area contributed by atoms with Crippen LogP contribution in [0, 0.1) is 11.6 Å². The van der Waals surface area contributed by atoms with E-state index in [1.165, 1.54) is 0 Å². The van der Waals surface area contributed by atoms with Crippen LogP contribution in [-0.2, 0) is 4.79 Å². The normalized spacial score (nSPS) is 12.5. The third-order valence-corrected chi connectivity index (χ3v) is 2.15. The highest BCUT2D eigenvalue weighted by Gasteiger charge is 2.21. The minimum Gasteiger partial charge on any atom is -0.503 e.